The molecule has 1 nitrogen and oxygen atoms in total. The summed E-state index contributed by atoms with van der Waals surface area (Å²) in [5.74, 6) is 0. The molecule has 1 aromatic carbocycles. The van der Waals surface area contributed by atoms with Crippen LogP contribution >= 0.6 is 0 Å². The zero-order chi connectivity index (χ0) is 13.8. The Labute approximate surface area is 115 Å². The Kier molecular flexibility index (Phi) is 5.37. The maximum Gasteiger partial charge on any atom is 0.176 e. The first kappa shape index (κ1) is 15.7. The third-order valence-electron chi connectivity index (χ3n) is 3.36. The Morgan fingerprint density at radius 3 is 2.00 bits per heavy atom. The molecule has 0 aliphatic carbocycles. The summed E-state index contributed by atoms with van der Waals surface area (Å²) in [6, 6.07) is 11.4. The SMILES string of the molecule is CC[Si](C)(CCc1ccc(C)cc1)O[Si](C)(C)C. The molecule has 18 heavy (non-hydrogen) atoms. The molecule has 0 bridgehead atoms. The van der Waals surface area contributed by atoms with Crippen molar-refractivity contribution in [2.24, 2.45) is 0 Å². The number of rotatable bonds is 6. The third kappa shape index (κ3) is 5.50. The van der Waals surface area contributed by atoms with Crippen molar-refractivity contribution >= 4 is 16.6 Å². The molecule has 1 unspecified atom stereocenters. The molecule has 1 aromatic rings. The van der Waals surface area contributed by atoms with Gasteiger partial charge in [-0.2, -0.15) is 0 Å². The van der Waals surface area contributed by atoms with Crippen LogP contribution in [0.4, 0.5) is 0 Å². The summed E-state index contributed by atoms with van der Waals surface area (Å²) >= 11 is 0. The summed E-state index contributed by atoms with van der Waals surface area (Å²) in [4.78, 5) is 0. The minimum absolute atomic E-state index is 1.17. The molecule has 0 aliphatic rings. The lowest BCUT2D eigenvalue weighted by molar-refractivity contribution is 0.538. The minimum Gasteiger partial charge on any atom is -0.456 e. The van der Waals surface area contributed by atoms with Crippen molar-refractivity contribution < 1.29 is 4.12 Å². The maximum absolute atomic E-state index is 6.50. The van der Waals surface area contributed by atoms with Crippen LogP contribution in [0.5, 0.6) is 0 Å². The average Bonchev–Trinajstić information content (AvgIpc) is 2.26. The Balaban J connectivity index is 2.61. The van der Waals surface area contributed by atoms with Gasteiger partial charge in [-0.3, -0.25) is 0 Å². The molecule has 0 radical (unpaired) electrons. The van der Waals surface area contributed by atoms with Gasteiger partial charge in [0, 0.05) is 0 Å². The second-order valence-corrected chi connectivity index (χ2v) is 15.7. The lowest BCUT2D eigenvalue weighted by Gasteiger charge is -2.34. The van der Waals surface area contributed by atoms with E-state index in [2.05, 4.69) is 64.3 Å². The maximum atomic E-state index is 6.50. The van der Waals surface area contributed by atoms with Gasteiger partial charge in [-0.05, 0) is 57.2 Å². The third-order valence-corrected chi connectivity index (χ3v) is 10.6. The molecule has 0 saturated carbocycles. The first-order chi connectivity index (χ1) is 8.24. The van der Waals surface area contributed by atoms with Crippen LogP contribution in [0.25, 0.3) is 0 Å². The van der Waals surface area contributed by atoms with Gasteiger partial charge in [0.1, 0.15) is 0 Å². The molecule has 0 aromatic heterocycles. The summed E-state index contributed by atoms with van der Waals surface area (Å²) < 4.78 is 6.50. The van der Waals surface area contributed by atoms with Crippen LogP contribution < -0.4 is 0 Å². The predicted octanol–water partition coefficient (Wildman–Crippen LogP) is 4.98. The molecule has 0 aliphatic heterocycles. The van der Waals surface area contributed by atoms with Crippen LogP contribution in [0.1, 0.15) is 18.1 Å². The van der Waals surface area contributed by atoms with Gasteiger partial charge in [-0.15, -0.1) is 0 Å². The topological polar surface area (TPSA) is 9.23 Å². The van der Waals surface area contributed by atoms with Crippen LogP contribution in [0.2, 0.25) is 38.3 Å². The Bertz CT molecular complexity index is 367. The predicted molar refractivity (Wildman–Crippen MR) is 86.2 cm³/mol. The van der Waals surface area contributed by atoms with E-state index in [1.54, 1.807) is 0 Å². The first-order valence-corrected chi connectivity index (χ1v) is 13.2. The van der Waals surface area contributed by atoms with Crippen molar-refractivity contribution in [2.75, 3.05) is 0 Å². The smallest absolute Gasteiger partial charge is 0.176 e. The van der Waals surface area contributed by atoms with Crippen molar-refractivity contribution in [3.63, 3.8) is 0 Å². The summed E-state index contributed by atoms with van der Waals surface area (Å²) in [5, 5.41) is 0. The molecule has 0 heterocycles. The lowest BCUT2D eigenvalue weighted by atomic mass is 10.1. The van der Waals surface area contributed by atoms with Gasteiger partial charge in [0.15, 0.2) is 16.6 Å². The minimum atomic E-state index is -1.49. The molecule has 0 amide bonds. The standard InChI is InChI=1S/C15H28OSi2/c1-7-18(6,16-17(3,4)5)13-12-15-10-8-14(2)9-11-15/h8-11H,7,12-13H2,1-6H3. The van der Waals surface area contributed by atoms with Gasteiger partial charge in [0.05, 0.1) is 0 Å². The van der Waals surface area contributed by atoms with Crippen LogP contribution in [-0.4, -0.2) is 16.6 Å². The summed E-state index contributed by atoms with van der Waals surface area (Å²) in [7, 11) is -2.89. The van der Waals surface area contributed by atoms with Gasteiger partial charge in [0.25, 0.3) is 0 Å². The fourth-order valence-electron chi connectivity index (χ4n) is 2.20. The van der Waals surface area contributed by atoms with Gasteiger partial charge in [0.2, 0.25) is 0 Å². The second kappa shape index (κ2) is 6.17. The van der Waals surface area contributed by atoms with Crippen molar-refractivity contribution in [2.45, 2.75) is 58.5 Å². The van der Waals surface area contributed by atoms with Crippen molar-refractivity contribution in [1.82, 2.24) is 0 Å². The van der Waals surface area contributed by atoms with E-state index in [-0.39, 0.29) is 0 Å². The first-order valence-electron chi connectivity index (χ1n) is 7.00. The van der Waals surface area contributed by atoms with E-state index in [1.165, 1.54) is 29.6 Å². The van der Waals surface area contributed by atoms with Gasteiger partial charge in [-0.1, -0.05) is 36.8 Å². The monoisotopic (exact) mass is 280 g/mol. The zero-order valence-electron chi connectivity index (χ0n) is 12.8. The number of hydrogen-bond acceptors (Lipinski definition) is 1. The van der Waals surface area contributed by atoms with E-state index in [9.17, 15) is 0 Å². The van der Waals surface area contributed by atoms with Crippen LogP contribution in [0, 0.1) is 6.92 Å². The summed E-state index contributed by atoms with van der Waals surface area (Å²) in [6.07, 6.45) is 1.17. The molecule has 0 fully saturated rings. The molecular formula is C15H28OSi2. The van der Waals surface area contributed by atoms with Crippen molar-refractivity contribution in [3.05, 3.63) is 35.4 Å². The van der Waals surface area contributed by atoms with E-state index in [0.717, 1.165) is 0 Å². The molecule has 3 heteroatoms. The van der Waals surface area contributed by atoms with E-state index >= 15 is 0 Å². The highest BCUT2D eigenvalue weighted by molar-refractivity contribution is 6.84. The highest BCUT2D eigenvalue weighted by atomic mass is 28.4. The zero-order valence-corrected chi connectivity index (χ0v) is 14.8. The Morgan fingerprint density at radius 2 is 1.56 bits per heavy atom. The summed E-state index contributed by atoms with van der Waals surface area (Å²) in [5.41, 5.74) is 2.79. The second-order valence-electron chi connectivity index (χ2n) is 6.50. The molecule has 0 saturated heterocycles. The van der Waals surface area contributed by atoms with Crippen molar-refractivity contribution in [3.8, 4) is 0 Å². The quantitative estimate of drug-likeness (QED) is 0.667. The summed E-state index contributed by atoms with van der Waals surface area (Å²) in [6.45, 7) is 13.8. The lowest BCUT2D eigenvalue weighted by Crippen LogP contribution is -2.44. The van der Waals surface area contributed by atoms with Crippen molar-refractivity contribution in [1.29, 1.82) is 0 Å². The molecule has 1 atom stereocenters. The van der Waals surface area contributed by atoms with Crippen LogP contribution in [-0.2, 0) is 10.5 Å². The van der Waals surface area contributed by atoms with E-state index in [4.69, 9.17) is 4.12 Å². The van der Waals surface area contributed by atoms with Crippen LogP contribution in [0.15, 0.2) is 24.3 Å². The van der Waals surface area contributed by atoms with Crippen LogP contribution in [0.3, 0.4) is 0 Å². The highest BCUT2D eigenvalue weighted by Gasteiger charge is 2.32. The van der Waals surface area contributed by atoms with E-state index in [0.29, 0.717) is 0 Å². The molecule has 1 rings (SSSR count). The molecular weight excluding hydrogens is 252 g/mol. The van der Waals surface area contributed by atoms with E-state index in [1.807, 2.05) is 0 Å². The normalized spacial score (nSPS) is 15.4. The number of aryl methyl sites for hydroxylation is 2. The average molecular weight is 281 g/mol. The number of benzene rings is 1. The molecule has 0 N–H and O–H groups in total. The largest absolute Gasteiger partial charge is 0.456 e. The Hall–Kier alpha value is -0.386. The van der Waals surface area contributed by atoms with E-state index < -0.39 is 16.6 Å². The number of hydrogen-bond donors (Lipinski definition) is 0. The van der Waals surface area contributed by atoms with Gasteiger partial charge < -0.3 is 4.12 Å². The molecule has 0 spiro atoms. The van der Waals surface area contributed by atoms with Gasteiger partial charge >= 0.3 is 0 Å². The highest BCUT2D eigenvalue weighted by Crippen LogP contribution is 2.24. The molecule has 102 valence electrons. The Morgan fingerprint density at radius 1 is 1.00 bits per heavy atom. The fraction of sp³-hybridized carbons (Fsp3) is 0.600. The van der Waals surface area contributed by atoms with Gasteiger partial charge in [-0.25, -0.2) is 0 Å². The fourth-order valence-corrected chi connectivity index (χ4v) is 10.3.